The first-order valence-corrected chi connectivity index (χ1v) is 11.5. The molecule has 2 heterocycles. The maximum Gasteiger partial charge on any atom is 0.242 e. The Morgan fingerprint density at radius 2 is 2.21 bits per heavy atom. The third kappa shape index (κ3) is 5.74. The van der Waals surface area contributed by atoms with E-state index in [4.69, 9.17) is 14.0 Å². The lowest BCUT2D eigenvalue weighted by Crippen LogP contribution is -2.34. The maximum absolute atomic E-state index is 12.7. The van der Waals surface area contributed by atoms with Gasteiger partial charge in [0, 0.05) is 18.1 Å². The zero-order chi connectivity index (χ0) is 20.2. The normalized spacial score (nSPS) is 21.7. The number of hydrogen-bond acceptors (Lipinski definition) is 6. The van der Waals surface area contributed by atoms with Crippen LogP contribution in [0, 0.1) is 5.92 Å². The number of rotatable bonds is 10. The Morgan fingerprint density at radius 1 is 1.43 bits per heavy atom. The molecule has 2 aliphatic rings. The Kier molecular flexibility index (Phi) is 7.10. The Hall–Kier alpha value is -1.05. The maximum atomic E-state index is 12.7. The van der Waals surface area contributed by atoms with Crippen molar-refractivity contribution in [3.63, 3.8) is 0 Å². The van der Waals surface area contributed by atoms with E-state index in [2.05, 4.69) is 24.3 Å². The van der Waals surface area contributed by atoms with Crippen LogP contribution in [0.3, 0.4) is 0 Å². The van der Waals surface area contributed by atoms with Crippen LogP contribution < -0.4 is 5.32 Å². The standard InChI is InChI=1S/C21H34N2O4S/c1-15(2)8-12-28-20(3,4)19(24)22-17-13-16(23-27-17)21(9-10-21)14-26-18-7-5-6-11-25-18/h13,15,18H,5-12,14H2,1-4H3,(H,22,24). The van der Waals surface area contributed by atoms with Gasteiger partial charge in [0.1, 0.15) is 0 Å². The van der Waals surface area contributed by atoms with Crippen molar-refractivity contribution in [2.45, 2.75) is 82.7 Å². The summed E-state index contributed by atoms with van der Waals surface area (Å²) >= 11 is 1.67. The number of amides is 1. The highest BCUT2D eigenvalue weighted by Crippen LogP contribution is 2.48. The number of anilines is 1. The van der Waals surface area contributed by atoms with Gasteiger partial charge in [-0.05, 0) is 64.0 Å². The molecule has 7 heteroatoms. The van der Waals surface area contributed by atoms with E-state index in [0.717, 1.165) is 56.6 Å². The van der Waals surface area contributed by atoms with Crippen LogP contribution >= 0.6 is 11.8 Å². The largest absolute Gasteiger partial charge is 0.353 e. The lowest BCUT2D eigenvalue weighted by molar-refractivity contribution is -0.166. The van der Waals surface area contributed by atoms with Gasteiger partial charge in [0.2, 0.25) is 11.8 Å². The van der Waals surface area contributed by atoms with Crippen LogP contribution in [0.25, 0.3) is 0 Å². The van der Waals surface area contributed by atoms with Gasteiger partial charge in [0.15, 0.2) is 6.29 Å². The number of nitrogens with zero attached hydrogens (tertiary/aromatic N) is 1. The SMILES string of the molecule is CC(C)CCSC(C)(C)C(=O)Nc1cc(C2(COC3CCCCO3)CC2)no1. The predicted octanol–water partition coefficient (Wildman–Crippen LogP) is 4.75. The molecule has 1 aliphatic heterocycles. The second-order valence-electron chi connectivity index (χ2n) is 8.96. The van der Waals surface area contributed by atoms with E-state index in [0.29, 0.717) is 18.4 Å². The first-order valence-electron chi connectivity index (χ1n) is 10.5. The average Bonchev–Trinajstić information content (AvgIpc) is 3.31. The van der Waals surface area contributed by atoms with Crippen LogP contribution in [-0.2, 0) is 19.7 Å². The zero-order valence-corrected chi connectivity index (χ0v) is 18.4. The summed E-state index contributed by atoms with van der Waals surface area (Å²) in [6.45, 7) is 9.66. The third-order valence-corrected chi connectivity index (χ3v) is 6.88. The molecule has 2 fully saturated rings. The summed E-state index contributed by atoms with van der Waals surface area (Å²) < 4.78 is 16.5. The molecule has 0 bridgehead atoms. The molecule has 1 amide bonds. The molecule has 0 radical (unpaired) electrons. The van der Waals surface area contributed by atoms with Crippen molar-refractivity contribution in [1.29, 1.82) is 0 Å². The molecule has 3 rings (SSSR count). The summed E-state index contributed by atoms with van der Waals surface area (Å²) in [6, 6.07) is 1.85. The van der Waals surface area contributed by atoms with Crippen LogP contribution in [0.5, 0.6) is 0 Å². The first kappa shape index (κ1) is 21.7. The van der Waals surface area contributed by atoms with Crippen molar-refractivity contribution in [1.82, 2.24) is 5.16 Å². The van der Waals surface area contributed by atoms with Crippen LogP contribution in [0.4, 0.5) is 5.88 Å². The van der Waals surface area contributed by atoms with Crippen LogP contribution in [0.2, 0.25) is 0 Å². The zero-order valence-electron chi connectivity index (χ0n) is 17.6. The number of hydrogen-bond donors (Lipinski definition) is 1. The summed E-state index contributed by atoms with van der Waals surface area (Å²) in [7, 11) is 0. The Bertz CT molecular complexity index is 649. The van der Waals surface area contributed by atoms with E-state index in [1.165, 1.54) is 0 Å². The van der Waals surface area contributed by atoms with Gasteiger partial charge in [-0.2, -0.15) is 0 Å². The van der Waals surface area contributed by atoms with Gasteiger partial charge in [0.05, 0.1) is 17.0 Å². The molecule has 0 spiro atoms. The molecule has 0 aromatic carbocycles. The van der Waals surface area contributed by atoms with Crippen molar-refractivity contribution in [3.05, 3.63) is 11.8 Å². The van der Waals surface area contributed by atoms with Gasteiger partial charge in [0.25, 0.3) is 0 Å². The molecular weight excluding hydrogens is 376 g/mol. The highest BCUT2D eigenvalue weighted by atomic mass is 32.2. The van der Waals surface area contributed by atoms with Gasteiger partial charge in [-0.25, -0.2) is 0 Å². The smallest absolute Gasteiger partial charge is 0.242 e. The minimum atomic E-state index is -0.513. The van der Waals surface area contributed by atoms with Crippen LogP contribution in [0.1, 0.15) is 71.9 Å². The number of thioether (sulfide) groups is 1. The van der Waals surface area contributed by atoms with E-state index in [1.54, 1.807) is 11.8 Å². The molecule has 1 saturated carbocycles. The molecule has 1 aliphatic carbocycles. The van der Waals surface area contributed by atoms with Gasteiger partial charge >= 0.3 is 0 Å². The highest BCUT2D eigenvalue weighted by molar-refractivity contribution is 8.01. The molecule has 1 aromatic heterocycles. The molecule has 1 atom stereocenters. The predicted molar refractivity (Wildman–Crippen MR) is 112 cm³/mol. The summed E-state index contributed by atoms with van der Waals surface area (Å²) in [5.74, 6) is 1.96. The minimum absolute atomic E-state index is 0.0549. The summed E-state index contributed by atoms with van der Waals surface area (Å²) in [4.78, 5) is 12.7. The van der Waals surface area contributed by atoms with Gasteiger partial charge in [-0.3, -0.25) is 10.1 Å². The fourth-order valence-electron chi connectivity index (χ4n) is 3.18. The number of carbonyl (C=O) groups excluding carboxylic acids is 1. The lowest BCUT2D eigenvalue weighted by Gasteiger charge is -2.24. The average molecular weight is 411 g/mol. The van der Waals surface area contributed by atoms with Crippen molar-refractivity contribution < 1.29 is 18.8 Å². The molecule has 1 N–H and O–H groups in total. The van der Waals surface area contributed by atoms with E-state index in [9.17, 15) is 4.79 Å². The van der Waals surface area contributed by atoms with Crippen molar-refractivity contribution in [2.24, 2.45) is 5.92 Å². The Labute approximate surface area is 172 Å². The Balaban J connectivity index is 1.51. The van der Waals surface area contributed by atoms with Crippen molar-refractivity contribution in [2.75, 3.05) is 24.3 Å². The van der Waals surface area contributed by atoms with Gasteiger partial charge in [-0.1, -0.05) is 19.0 Å². The first-order chi connectivity index (χ1) is 13.3. The van der Waals surface area contributed by atoms with Crippen molar-refractivity contribution in [3.8, 4) is 0 Å². The van der Waals surface area contributed by atoms with E-state index in [1.807, 2.05) is 19.9 Å². The highest BCUT2D eigenvalue weighted by Gasteiger charge is 2.48. The molecular formula is C21H34N2O4S. The third-order valence-electron chi connectivity index (χ3n) is 5.53. The fourth-order valence-corrected chi connectivity index (χ4v) is 4.46. The van der Waals surface area contributed by atoms with Crippen molar-refractivity contribution >= 4 is 23.6 Å². The quantitative estimate of drug-likeness (QED) is 0.600. The molecule has 158 valence electrons. The van der Waals surface area contributed by atoms with Gasteiger partial charge in [-0.15, -0.1) is 11.8 Å². The molecule has 6 nitrogen and oxygen atoms in total. The Morgan fingerprint density at radius 3 is 2.86 bits per heavy atom. The van der Waals surface area contributed by atoms with Crippen LogP contribution in [0.15, 0.2) is 10.6 Å². The molecule has 1 aromatic rings. The fraction of sp³-hybridized carbons (Fsp3) is 0.810. The molecule has 28 heavy (non-hydrogen) atoms. The number of carbonyl (C=O) groups is 1. The van der Waals surface area contributed by atoms with E-state index >= 15 is 0 Å². The molecule has 1 unspecified atom stereocenters. The second-order valence-corrected chi connectivity index (χ2v) is 10.7. The number of nitrogens with one attached hydrogen (secondary N) is 1. The minimum Gasteiger partial charge on any atom is -0.353 e. The van der Waals surface area contributed by atoms with Crippen LogP contribution in [-0.4, -0.2) is 41.1 Å². The number of aromatic nitrogens is 1. The summed E-state index contributed by atoms with van der Waals surface area (Å²) in [5.41, 5.74) is 0.776. The van der Waals surface area contributed by atoms with E-state index in [-0.39, 0.29) is 17.6 Å². The number of ether oxygens (including phenoxy) is 2. The second kappa shape index (κ2) is 9.18. The molecule has 1 saturated heterocycles. The monoisotopic (exact) mass is 410 g/mol. The summed E-state index contributed by atoms with van der Waals surface area (Å²) in [6.07, 6.45) is 6.28. The summed E-state index contributed by atoms with van der Waals surface area (Å²) in [5, 5.41) is 7.11. The van der Waals surface area contributed by atoms with E-state index < -0.39 is 4.75 Å². The topological polar surface area (TPSA) is 73.6 Å². The lowest BCUT2D eigenvalue weighted by atomic mass is 10.0. The van der Waals surface area contributed by atoms with Gasteiger partial charge < -0.3 is 14.0 Å².